The maximum Gasteiger partial charge on any atom is 0.130 e. The van der Waals surface area contributed by atoms with Crippen molar-refractivity contribution in [3.8, 4) is 0 Å². The first-order chi connectivity index (χ1) is 12.1. The van der Waals surface area contributed by atoms with Crippen molar-refractivity contribution in [3.63, 3.8) is 0 Å². The molecule has 0 fully saturated rings. The third-order valence-electron chi connectivity index (χ3n) is 4.14. The van der Waals surface area contributed by atoms with Crippen LogP contribution in [0.15, 0.2) is 60.7 Å². The van der Waals surface area contributed by atoms with Gasteiger partial charge in [0.2, 0.25) is 0 Å². The lowest BCUT2D eigenvalue weighted by molar-refractivity contribution is 0.546. The van der Waals surface area contributed by atoms with Gasteiger partial charge in [-0.2, -0.15) is 0 Å². The van der Waals surface area contributed by atoms with Crippen LogP contribution in [0, 0.1) is 11.6 Å². The molecule has 2 nitrogen and oxygen atoms in total. The molecule has 3 aromatic carbocycles. The number of rotatable bonds is 4. The average molecular weight is 342 g/mol. The van der Waals surface area contributed by atoms with E-state index in [0.717, 1.165) is 0 Å². The first kappa shape index (κ1) is 19.0. The predicted octanol–water partition coefficient (Wildman–Crippen LogP) is 4.80. The molecule has 3 aromatic rings. The molecule has 0 amide bonds. The molecule has 0 saturated carbocycles. The van der Waals surface area contributed by atoms with Crippen molar-refractivity contribution in [2.75, 3.05) is 14.1 Å². The molecule has 1 unspecified atom stereocenters. The quantitative estimate of drug-likeness (QED) is 0.711. The zero-order valence-electron chi connectivity index (χ0n) is 14.8. The average Bonchev–Trinajstić information content (AvgIpc) is 2.64. The van der Waals surface area contributed by atoms with E-state index >= 15 is 0 Å². The first-order valence-electron chi connectivity index (χ1n) is 8.31. The van der Waals surface area contributed by atoms with Gasteiger partial charge in [-0.05, 0) is 49.5 Å². The van der Waals surface area contributed by atoms with Gasteiger partial charge in [0.05, 0.1) is 0 Å². The van der Waals surface area contributed by atoms with Gasteiger partial charge in [-0.25, -0.2) is 8.78 Å². The van der Waals surface area contributed by atoms with Crippen LogP contribution < -0.4 is 10.6 Å². The maximum absolute atomic E-state index is 12.8. The van der Waals surface area contributed by atoms with Crippen LogP contribution in [0.5, 0.6) is 0 Å². The van der Waals surface area contributed by atoms with Gasteiger partial charge in [0, 0.05) is 18.2 Å². The first-order valence-corrected chi connectivity index (χ1v) is 8.31. The van der Waals surface area contributed by atoms with E-state index in [2.05, 4.69) is 60.0 Å². The molecule has 0 aliphatic carbocycles. The van der Waals surface area contributed by atoms with Gasteiger partial charge in [-0.15, -0.1) is 0 Å². The van der Waals surface area contributed by atoms with E-state index in [4.69, 9.17) is 0 Å². The molecule has 132 valence electrons. The SMILES string of the molecule is CNC(C)c1cccc2ccccc12.CNCc1c(F)cccc1F. The van der Waals surface area contributed by atoms with Crippen molar-refractivity contribution in [3.05, 3.63) is 83.4 Å². The number of fused-ring (bicyclic) bond motifs is 1. The number of benzene rings is 3. The molecule has 0 aromatic heterocycles. The Bertz CT molecular complexity index is 792. The topological polar surface area (TPSA) is 24.1 Å². The van der Waals surface area contributed by atoms with E-state index in [0.29, 0.717) is 6.04 Å². The minimum Gasteiger partial charge on any atom is -0.315 e. The van der Waals surface area contributed by atoms with Crippen LogP contribution in [0.2, 0.25) is 0 Å². The maximum atomic E-state index is 12.8. The Morgan fingerprint density at radius 2 is 1.44 bits per heavy atom. The molecule has 0 spiro atoms. The molecule has 0 aliphatic heterocycles. The molecule has 0 bridgehead atoms. The standard InChI is InChI=1S/C13H15N.C8H9F2N/c1-10(14-2)12-9-5-7-11-6-3-4-8-13(11)12;1-11-5-6-7(9)3-2-4-8(6)10/h3-10,14H,1-2H3;2-4,11H,5H2,1H3. The van der Waals surface area contributed by atoms with Crippen LogP contribution in [0.3, 0.4) is 0 Å². The van der Waals surface area contributed by atoms with Crippen LogP contribution in [-0.2, 0) is 6.54 Å². The van der Waals surface area contributed by atoms with Gasteiger partial charge in [-0.1, -0.05) is 48.5 Å². The van der Waals surface area contributed by atoms with Gasteiger partial charge in [0.25, 0.3) is 0 Å². The highest BCUT2D eigenvalue weighted by Crippen LogP contribution is 2.23. The lowest BCUT2D eigenvalue weighted by Crippen LogP contribution is -2.12. The second-order valence-electron chi connectivity index (χ2n) is 5.81. The Morgan fingerprint density at radius 3 is 2.08 bits per heavy atom. The highest BCUT2D eigenvalue weighted by Gasteiger charge is 2.06. The van der Waals surface area contributed by atoms with Crippen LogP contribution in [-0.4, -0.2) is 14.1 Å². The Kier molecular flexibility index (Phi) is 7.04. The van der Waals surface area contributed by atoms with Crippen molar-refractivity contribution in [1.82, 2.24) is 10.6 Å². The Labute approximate surface area is 147 Å². The molecule has 3 rings (SSSR count). The van der Waals surface area contributed by atoms with E-state index in [1.165, 1.54) is 34.5 Å². The molecular formula is C21H24F2N2. The molecule has 2 N–H and O–H groups in total. The zero-order valence-corrected chi connectivity index (χ0v) is 14.8. The number of hydrogen-bond acceptors (Lipinski definition) is 2. The monoisotopic (exact) mass is 342 g/mol. The fourth-order valence-corrected chi connectivity index (χ4v) is 2.66. The lowest BCUT2D eigenvalue weighted by atomic mass is 10.00. The fraction of sp³-hybridized carbons (Fsp3) is 0.238. The second-order valence-corrected chi connectivity index (χ2v) is 5.81. The smallest absolute Gasteiger partial charge is 0.130 e. The summed E-state index contributed by atoms with van der Waals surface area (Å²) in [5.41, 5.74) is 1.46. The minimum atomic E-state index is -0.501. The number of nitrogens with one attached hydrogen (secondary N) is 2. The van der Waals surface area contributed by atoms with Crippen LogP contribution in [0.1, 0.15) is 24.1 Å². The summed E-state index contributed by atoms with van der Waals surface area (Å²) in [6.07, 6.45) is 0. The Hall–Kier alpha value is -2.30. The summed E-state index contributed by atoms with van der Waals surface area (Å²) < 4.78 is 25.5. The second kappa shape index (κ2) is 9.25. The van der Waals surface area contributed by atoms with Crippen molar-refractivity contribution < 1.29 is 8.78 Å². The van der Waals surface area contributed by atoms with Crippen LogP contribution >= 0.6 is 0 Å². The van der Waals surface area contributed by atoms with Crippen molar-refractivity contribution in [2.24, 2.45) is 0 Å². The fourth-order valence-electron chi connectivity index (χ4n) is 2.66. The summed E-state index contributed by atoms with van der Waals surface area (Å²) in [4.78, 5) is 0. The van der Waals surface area contributed by atoms with Gasteiger partial charge < -0.3 is 10.6 Å². The lowest BCUT2D eigenvalue weighted by Gasteiger charge is -2.13. The normalized spacial score (nSPS) is 11.7. The third kappa shape index (κ3) is 4.84. The molecule has 0 aliphatic rings. The van der Waals surface area contributed by atoms with E-state index < -0.39 is 11.6 Å². The summed E-state index contributed by atoms with van der Waals surface area (Å²) >= 11 is 0. The summed E-state index contributed by atoms with van der Waals surface area (Å²) in [6.45, 7) is 2.40. The van der Waals surface area contributed by atoms with Gasteiger partial charge in [0.1, 0.15) is 11.6 Å². The third-order valence-corrected chi connectivity index (χ3v) is 4.14. The van der Waals surface area contributed by atoms with E-state index in [-0.39, 0.29) is 12.1 Å². The highest BCUT2D eigenvalue weighted by atomic mass is 19.1. The molecule has 1 atom stereocenters. The Morgan fingerprint density at radius 1 is 0.840 bits per heavy atom. The molecule has 25 heavy (non-hydrogen) atoms. The molecule has 0 radical (unpaired) electrons. The largest absolute Gasteiger partial charge is 0.315 e. The van der Waals surface area contributed by atoms with Crippen molar-refractivity contribution in [2.45, 2.75) is 19.5 Å². The summed E-state index contributed by atoms with van der Waals surface area (Å²) in [5, 5.41) is 8.62. The van der Waals surface area contributed by atoms with Gasteiger partial charge >= 0.3 is 0 Å². The van der Waals surface area contributed by atoms with Crippen LogP contribution in [0.25, 0.3) is 10.8 Å². The van der Waals surface area contributed by atoms with Gasteiger partial charge in [-0.3, -0.25) is 0 Å². The Balaban J connectivity index is 0.000000186. The molecule has 0 saturated heterocycles. The molecule has 0 heterocycles. The number of halogens is 2. The molecular weight excluding hydrogens is 318 g/mol. The number of hydrogen-bond donors (Lipinski definition) is 2. The zero-order chi connectivity index (χ0) is 18.2. The van der Waals surface area contributed by atoms with E-state index in [1.807, 2.05) is 7.05 Å². The van der Waals surface area contributed by atoms with Crippen molar-refractivity contribution >= 4 is 10.8 Å². The van der Waals surface area contributed by atoms with Gasteiger partial charge in [0.15, 0.2) is 0 Å². The minimum absolute atomic E-state index is 0.0926. The van der Waals surface area contributed by atoms with E-state index in [1.54, 1.807) is 7.05 Å². The summed E-state index contributed by atoms with van der Waals surface area (Å²) in [7, 11) is 3.64. The molecule has 4 heteroatoms. The summed E-state index contributed by atoms with van der Waals surface area (Å²) in [6, 6.07) is 19.2. The van der Waals surface area contributed by atoms with Crippen LogP contribution in [0.4, 0.5) is 8.78 Å². The summed E-state index contributed by atoms with van der Waals surface area (Å²) in [5.74, 6) is -1.00. The predicted molar refractivity (Wildman–Crippen MR) is 101 cm³/mol. The van der Waals surface area contributed by atoms with E-state index in [9.17, 15) is 8.78 Å². The van der Waals surface area contributed by atoms with Crippen molar-refractivity contribution in [1.29, 1.82) is 0 Å². The highest BCUT2D eigenvalue weighted by molar-refractivity contribution is 5.86.